The van der Waals surface area contributed by atoms with Gasteiger partial charge in [0.05, 0.1) is 10.4 Å². The maximum atomic E-state index is 12.8. The Bertz CT molecular complexity index is 1150. The van der Waals surface area contributed by atoms with Crippen LogP contribution in [0.1, 0.15) is 11.1 Å². The number of fused-ring (bicyclic) bond motifs is 1. The minimum absolute atomic E-state index is 0.256. The average Bonchev–Trinajstić information content (AvgIpc) is 3.31. The van der Waals surface area contributed by atoms with Crippen molar-refractivity contribution in [2.75, 3.05) is 0 Å². The number of alkyl halides is 3. The van der Waals surface area contributed by atoms with Crippen LogP contribution in [0.25, 0.3) is 16.1 Å². The van der Waals surface area contributed by atoms with E-state index in [9.17, 15) is 18.0 Å². The number of thiophene rings is 1. The molecule has 4 rings (SSSR count). The van der Waals surface area contributed by atoms with Gasteiger partial charge in [-0.25, -0.2) is 9.61 Å². The van der Waals surface area contributed by atoms with Gasteiger partial charge in [0.2, 0.25) is 5.16 Å². The lowest BCUT2D eigenvalue weighted by Gasteiger charge is -2.08. The normalized spacial score (nSPS) is 12.0. The van der Waals surface area contributed by atoms with Crippen LogP contribution in [0.4, 0.5) is 13.2 Å². The number of halogens is 3. The van der Waals surface area contributed by atoms with Crippen molar-refractivity contribution in [3.05, 3.63) is 69.3 Å². The number of thioether (sulfide) groups is 1. The molecule has 4 aromatic rings. The Morgan fingerprint density at radius 2 is 2.04 bits per heavy atom. The van der Waals surface area contributed by atoms with E-state index in [1.165, 1.54) is 33.7 Å². The summed E-state index contributed by atoms with van der Waals surface area (Å²) in [5, 5.41) is 13.1. The summed E-state index contributed by atoms with van der Waals surface area (Å²) in [6.07, 6.45) is -4.39. The first-order valence-electron chi connectivity index (χ1n) is 7.73. The highest BCUT2D eigenvalue weighted by atomic mass is 32.2. The van der Waals surface area contributed by atoms with E-state index in [1.807, 2.05) is 17.5 Å². The van der Waals surface area contributed by atoms with Crippen LogP contribution < -0.4 is 5.56 Å². The number of benzene rings is 1. The number of aromatic nitrogens is 4. The molecule has 0 saturated heterocycles. The van der Waals surface area contributed by atoms with Gasteiger partial charge in [-0.15, -0.1) is 16.4 Å². The second-order valence-corrected chi connectivity index (χ2v) is 7.52. The van der Waals surface area contributed by atoms with Gasteiger partial charge in [0.1, 0.15) is 11.2 Å². The lowest BCUT2D eigenvalue weighted by atomic mass is 10.1. The molecule has 0 amide bonds. The van der Waals surface area contributed by atoms with Gasteiger partial charge >= 0.3 is 6.18 Å². The third-order valence-corrected chi connectivity index (χ3v) is 5.66. The summed E-state index contributed by atoms with van der Waals surface area (Å²) in [4.78, 5) is 12.9. The molecule has 27 heavy (non-hydrogen) atoms. The summed E-state index contributed by atoms with van der Waals surface area (Å²) in [5.74, 6) is 0.256. The summed E-state index contributed by atoms with van der Waals surface area (Å²) in [6, 6.07) is 10.6. The first-order valence-corrected chi connectivity index (χ1v) is 9.59. The fraction of sp³-hybridized carbons (Fsp3) is 0.118. The number of aromatic amines is 1. The Hall–Kier alpha value is -2.59. The van der Waals surface area contributed by atoms with Crippen molar-refractivity contribution in [3.63, 3.8) is 0 Å². The predicted octanol–water partition coefficient (Wildman–Crippen LogP) is 4.46. The van der Waals surface area contributed by atoms with Crippen LogP contribution in [-0.2, 0) is 11.9 Å². The van der Waals surface area contributed by atoms with Crippen molar-refractivity contribution >= 4 is 28.6 Å². The highest BCUT2D eigenvalue weighted by Crippen LogP contribution is 2.31. The Morgan fingerprint density at radius 1 is 1.19 bits per heavy atom. The molecule has 0 bridgehead atoms. The Balaban J connectivity index is 1.65. The molecule has 0 aliphatic carbocycles. The molecule has 0 aliphatic rings. The standard InChI is InChI=1S/C17H11F3N4OS2/c18-17(19,20)11-4-1-3-10(7-11)9-27-16-22-21-15(25)13-8-12(23-24(13)16)14-5-2-6-26-14/h1-8H,9H2,(H,21,25). The molecule has 0 fully saturated rings. The van der Waals surface area contributed by atoms with E-state index in [0.29, 0.717) is 21.9 Å². The van der Waals surface area contributed by atoms with E-state index in [1.54, 1.807) is 12.1 Å². The minimum atomic E-state index is -4.39. The lowest BCUT2D eigenvalue weighted by Crippen LogP contribution is -2.13. The predicted molar refractivity (Wildman–Crippen MR) is 97.9 cm³/mol. The largest absolute Gasteiger partial charge is 0.416 e. The van der Waals surface area contributed by atoms with Crippen molar-refractivity contribution < 1.29 is 13.2 Å². The van der Waals surface area contributed by atoms with Gasteiger partial charge < -0.3 is 0 Å². The first-order chi connectivity index (χ1) is 12.9. The smallest absolute Gasteiger partial charge is 0.266 e. The zero-order valence-electron chi connectivity index (χ0n) is 13.5. The molecule has 1 N–H and O–H groups in total. The van der Waals surface area contributed by atoms with Crippen LogP contribution in [0.15, 0.2) is 57.8 Å². The molecular formula is C17H11F3N4OS2. The fourth-order valence-corrected chi connectivity index (χ4v) is 4.04. The SMILES string of the molecule is O=c1[nH]nc(SCc2cccc(C(F)(F)F)c2)n2nc(-c3cccs3)cc12. The third-order valence-electron chi connectivity index (χ3n) is 3.77. The molecule has 10 heteroatoms. The van der Waals surface area contributed by atoms with Gasteiger partial charge in [0, 0.05) is 5.75 Å². The Labute approximate surface area is 158 Å². The number of H-pyrrole nitrogens is 1. The molecular weight excluding hydrogens is 397 g/mol. The molecule has 0 saturated carbocycles. The monoisotopic (exact) mass is 408 g/mol. The highest BCUT2D eigenvalue weighted by Gasteiger charge is 2.30. The molecule has 0 atom stereocenters. The maximum Gasteiger partial charge on any atom is 0.416 e. The fourth-order valence-electron chi connectivity index (χ4n) is 2.52. The van der Waals surface area contributed by atoms with Crippen LogP contribution in [0, 0.1) is 0 Å². The molecule has 1 aromatic carbocycles. The van der Waals surface area contributed by atoms with Gasteiger partial charge in [-0.1, -0.05) is 36.0 Å². The van der Waals surface area contributed by atoms with Crippen molar-refractivity contribution in [1.29, 1.82) is 0 Å². The van der Waals surface area contributed by atoms with Gasteiger partial charge in [0.25, 0.3) is 5.56 Å². The molecule has 0 spiro atoms. The zero-order valence-corrected chi connectivity index (χ0v) is 15.2. The number of hydrogen-bond acceptors (Lipinski definition) is 5. The first kappa shape index (κ1) is 17.8. The van der Waals surface area contributed by atoms with Crippen molar-refractivity contribution in [3.8, 4) is 10.6 Å². The van der Waals surface area contributed by atoms with E-state index < -0.39 is 11.7 Å². The van der Waals surface area contributed by atoms with Crippen LogP contribution in [0.5, 0.6) is 0 Å². The third kappa shape index (κ3) is 3.62. The number of rotatable bonds is 4. The van der Waals surface area contributed by atoms with Crippen LogP contribution in [-0.4, -0.2) is 19.8 Å². The van der Waals surface area contributed by atoms with Crippen molar-refractivity contribution in [1.82, 2.24) is 19.8 Å². The summed E-state index contributed by atoms with van der Waals surface area (Å²) >= 11 is 2.69. The van der Waals surface area contributed by atoms with Gasteiger partial charge in [-0.05, 0) is 29.1 Å². The quantitative estimate of drug-likeness (QED) is 0.507. The lowest BCUT2D eigenvalue weighted by molar-refractivity contribution is -0.137. The van der Waals surface area contributed by atoms with Crippen LogP contribution in [0.2, 0.25) is 0 Å². The maximum absolute atomic E-state index is 12.8. The second-order valence-electron chi connectivity index (χ2n) is 5.63. The number of hydrogen-bond donors (Lipinski definition) is 1. The van der Waals surface area contributed by atoms with Gasteiger partial charge in [-0.3, -0.25) is 4.79 Å². The molecule has 3 heterocycles. The van der Waals surface area contributed by atoms with Crippen LogP contribution >= 0.6 is 23.1 Å². The molecule has 0 radical (unpaired) electrons. The Morgan fingerprint density at radius 3 is 2.78 bits per heavy atom. The Kier molecular flexibility index (Phi) is 4.52. The van der Waals surface area contributed by atoms with Gasteiger partial charge in [-0.2, -0.15) is 18.3 Å². The van der Waals surface area contributed by atoms with E-state index in [4.69, 9.17) is 0 Å². The van der Waals surface area contributed by atoms with Crippen molar-refractivity contribution in [2.24, 2.45) is 0 Å². The van der Waals surface area contributed by atoms with E-state index >= 15 is 0 Å². The molecule has 5 nitrogen and oxygen atoms in total. The topological polar surface area (TPSA) is 63.0 Å². The minimum Gasteiger partial charge on any atom is -0.266 e. The molecule has 0 unspecified atom stereocenters. The summed E-state index contributed by atoms with van der Waals surface area (Å²) in [7, 11) is 0. The van der Waals surface area contributed by atoms with E-state index in [-0.39, 0.29) is 11.3 Å². The zero-order chi connectivity index (χ0) is 19.0. The molecule has 0 aliphatic heterocycles. The van der Waals surface area contributed by atoms with E-state index in [2.05, 4.69) is 15.3 Å². The highest BCUT2D eigenvalue weighted by molar-refractivity contribution is 7.98. The summed E-state index contributed by atoms with van der Waals surface area (Å²) in [5.41, 5.74) is 0.402. The second kappa shape index (κ2) is 6.86. The molecule has 138 valence electrons. The number of nitrogens with zero attached hydrogens (tertiary/aromatic N) is 3. The summed E-state index contributed by atoms with van der Waals surface area (Å²) < 4.78 is 40.0. The van der Waals surface area contributed by atoms with Gasteiger partial charge in [0.15, 0.2) is 0 Å². The average molecular weight is 408 g/mol. The van der Waals surface area contributed by atoms with Crippen molar-refractivity contribution in [2.45, 2.75) is 17.1 Å². The van der Waals surface area contributed by atoms with E-state index in [0.717, 1.165) is 17.0 Å². The van der Waals surface area contributed by atoms with Crippen LogP contribution in [0.3, 0.4) is 0 Å². The summed E-state index contributed by atoms with van der Waals surface area (Å²) in [6.45, 7) is 0. The molecule has 3 aromatic heterocycles. The number of nitrogens with one attached hydrogen (secondary N) is 1.